The zero-order valence-electron chi connectivity index (χ0n) is 10.0. The summed E-state index contributed by atoms with van der Waals surface area (Å²) >= 11 is 0. The van der Waals surface area contributed by atoms with Crippen molar-refractivity contribution >= 4 is 11.6 Å². The summed E-state index contributed by atoms with van der Waals surface area (Å²) in [4.78, 5) is 7.96. The highest BCUT2D eigenvalue weighted by molar-refractivity contribution is 5.50. The topological polar surface area (TPSA) is 98.6 Å². The van der Waals surface area contributed by atoms with Gasteiger partial charge in [-0.3, -0.25) is 0 Å². The standard InChI is InChI=1S/C12H12N5O2/c1-3-12(2)9(18)4-8(19-12)7-5-16-17-10(7)14-6-15-11(17)13/h1,5-6,8-9,18H,2,4H2,(H2,13,14,15)/t8?,9?,12-/m1/s1. The van der Waals surface area contributed by atoms with E-state index in [-0.39, 0.29) is 5.95 Å². The van der Waals surface area contributed by atoms with Crippen LogP contribution in [0, 0.1) is 19.3 Å². The maximum absolute atomic E-state index is 9.93. The summed E-state index contributed by atoms with van der Waals surface area (Å²) in [5.41, 5.74) is 5.69. The molecule has 1 fully saturated rings. The number of hydrogen-bond donors (Lipinski definition) is 2. The Morgan fingerprint density at radius 2 is 2.42 bits per heavy atom. The molecule has 2 unspecified atom stereocenters. The van der Waals surface area contributed by atoms with E-state index in [1.165, 1.54) is 10.8 Å². The number of aliphatic hydroxyl groups excluding tert-OH is 1. The molecule has 0 saturated carbocycles. The summed E-state index contributed by atoms with van der Waals surface area (Å²) in [5.74, 6) is 2.60. The molecule has 3 N–H and O–H groups in total. The van der Waals surface area contributed by atoms with Crippen LogP contribution < -0.4 is 5.73 Å². The van der Waals surface area contributed by atoms with E-state index in [1.54, 1.807) is 6.20 Å². The predicted molar refractivity (Wildman–Crippen MR) is 66.6 cm³/mol. The summed E-state index contributed by atoms with van der Waals surface area (Å²) in [6.07, 6.45) is 7.35. The second kappa shape index (κ2) is 3.91. The molecule has 19 heavy (non-hydrogen) atoms. The zero-order chi connectivity index (χ0) is 13.6. The normalized spacial score (nSPS) is 30.6. The molecule has 3 atom stereocenters. The van der Waals surface area contributed by atoms with Crippen LogP contribution in [0.1, 0.15) is 18.1 Å². The van der Waals surface area contributed by atoms with Gasteiger partial charge in [-0.2, -0.15) is 9.61 Å². The molecule has 3 heterocycles. The van der Waals surface area contributed by atoms with Crippen molar-refractivity contribution in [2.45, 2.75) is 24.2 Å². The molecule has 3 rings (SSSR count). The van der Waals surface area contributed by atoms with Crippen LogP contribution in [-0.4, -0.2) is 36.4 Å². The maximum atomic E-state index is 9.93. The number of nitrogen functional groups attached to an aromatic ring is 1. The molecule has 0 aliphatic carbocycles. The van der Waals surface area contributed by atoms with Gasteiger partial charge < -0.3 is 15.6 Å². The van der Waals surface area contributed by atoms with Crippen LogP contribution in [0.15, 0.2) is 12.5 Å². The van der Waals surface area contributed by atoms with Crippen molar-refractivity contribution in [3.63, 3.8) is 0 Å². The van der Waals surface area contributed by atoms with E-state index in [2.05, 4.69) is 27.9 Å². The molecule has 0 spiro atoms. The lowest BCUT2D eigenvalue weighted by Gasteiger charge is -2.20. The van der Waals surface area contributed by atoms with Crippen LogP contribution in [0.4, 0.5) is 5.95 Å². The first-order chi connectivity index (χ1) is 9.05. The lowest BCUT2D eigenvalue weighted by atomic mass is 9.99. The van der Waals surface area contributed by atoms with Gasteiger partial charge in [0.25, 0.3) is 0 Å². The van der Waals surface area contributed by atoms with Crippen molar-refractivity contribution in [3.8, 4) is 12.3 Å². The summed E-state index contributed by atoms with van der Waals surface area (Å²) in [6.45, 7) is 3.73. The van der Waals surface area contributed by atoms with Gasteiger partial charge >= 0.3 is 0 Å². The minimum atomic E-state index is -1.24. The fourth-order valence-corrected chi connectivity index (χ4v) is 2.17. The third-order valence-corrected chi connectivity index (χ3v) is 3.28. The van der Waals surface area contributed by atoms with Gasteiger partial charge in [0, 0.05) is 12.0 Å². The molecule has 7 nitrogen and oxygen atoms in total. The van der Waals surface area contributed by atoms with Crippen LogP contribution in [0.2, 0.25) is 0 Å². The number of anilines is 1. The number of nitrogens with two attached hydrogens (primary N) is 1. The number of nitrogens with zero attached hydrogens (tertiary/aromatic N) is 4. The van der Waals surface area contributed by atoms with Crippen LogP contribution >= 0.6 is 0 Å². The number of terminal acetylenes is 1. The monoisotopic (exact) mass is 258 g/mol. The van der Waals surface area contributed by atoms with Crippen LogP contribution in [-0.2, 0) is 4.74 Å². The zero-order valence-corrected chi connectivity index (χ0v) is 10.0. The Morgan fingerprint density at radius 3 is 3.11 bits per heavy atom. The molecule has 1 saturated heterocycles. The van der Waals surface area contributed by atoms with Crippen LogP contribution in [0.5, 0.6) is 0 Å². The van der Waals surface area contributed by atoms with E-state index >= 15 is 0 Å². The molecular weight excluding hydrogens is 246 g/mol. The minimum absolute atomic E-state index is 0.229. The van der Waals surface area contributed by atoms with Crippen molar-refractivity contribution in [2.75, 3.05) is 5.73 Å². The van der Waals surface area contributed by atoms with Gasteiger partial charge in [0.05, 0.1) is 18.4 Å². The van der Waals surface area contributed by atoms with Gasteiger partial charge in [0.2, 0.25) is 5.95 Å². The van der Waals surface area contributed by atoms with Gasteiger partial charge in [-0.25, -0.2) is 9.97 Å². The largest absolute Gasteiger partial charge is 0.389 e. The third-order valence-electron chi connectivity index (χ3n) is 3.28. The second-order valence-electron chi connectivity index (χ2n) is 4.46. The number of hydrogen-bond acceptors (Lipinski definition) is 6. The number of rotatable bonds is 1. The lowest BCUT2D eigenvalue weighted by molar-refractivity contribution is -0.0101. The van der Waals surface area contributed by atoms with Gasteiger partial charge in [-0.1, -0.05) is 5.92 Å². The molecule has 1 radical (unpaired) electrons. The summed E-state index contributed by atoms with van der Waals surface area (Å²) in [6, 6.07) is 0. The average molecular weight is 258 g/mol. The molecule has 2 aromatic heterocycles. The fourth-order valence-electron chi connectivity index (χ4n) is 2.17. The molecular formula is C12H12N5O2. The molecule has 1 aliphatic rings. The molecule has 0 bridgehead atoms. The Bertz CT molecular complexity index is 676. The Morgan fingerprint density at radius 1 is 1.63 bits per heavy atom. The molecule has 0 amide bonds. The Labute approximate surface area is 109 Å². The van der Waals surface area contributed by atoms with Gasteiger partial charge in [-0.05, 0) is 6.92 Å². The first-order valence-corrected chi connectivity index (χ1v) is 5.68. The molecule has 2 aromatic rings. The Balaban J connectivity index is 2.04. The summed E-state index contributed by atoms with van der Waals surface area (Å²) in [7, 11) is 0. The first kappa shape index (κ1) is 11.9. The summed E-state index contributed by atoms with van der Waals surface area (Å²) < 4.78 is 7.06. The SMILES string of the molecule is C#C[C@@]1([CH2])OC(c2cnn3c(N)ncnc23)CC1O. The van der Waals surface area contributed by atoms with E-state index in [1.807, 2.05) is 0 Å². The van der Waals surface area contributed by atoms with E-state index in [9.17, 15) is 5.11 Å². The van der Waals surface area contributed by atoms with Crippen LogP contribution in [0.25, 0.3) is 5.65 Å². The van der Waals surface area contributed by atoms with E-state index in [0.29, 0.717) is 17.6 Å². The Kier molecular flexibility index (Phi) is 2.45. The minimum Gasteiger partial charge on any atom is -0.389 e. The Hall–Kier alpha value is -2.17. The maximum Gasteiger partial charge on any atom is 0.224 e. The van der Waals surface area contributed by atoms with Crippen molar-refractivity contribution in [2.24, 2.45) is 0 Å². The smallest absolute Gasteiger partial charge is 0.224 e. The van der Waals surface area contributed by atoms with E-state index in [4.69, 9.17) is 16.9 Å². The molecule has 0 aromatic carbocycles. The van der Waals surface area contributed by atoms with Crippen molar-refractivity contribution in [1.29, 1.82) is 0 Å². The highest BCUT2D eigenvalue weighted by Crippen LogP contribution is 2.40. The molecule has 97 valence electrons. The van der Waals surface area contributed by atoms with Gasteiger partial charge in [0.15, 0.2) is 11.2 Å². The van der Waals surface area contributed by atoms with E-state index < -0.39 is 17.8 Å². The van der Waals surface area contributed by atoms with Gasteiger partial charge in [-0.15, -0.1) is 6.42 Å². The predicted octanol–water partition coefficient (Wildman–Crippen LogP) is -0.265. The van der Waals surface area contributed by atoms with Crippen molar-refractivity contribution in [1.82, 2.24) is 19.6 Å². The van der Waals surface area contributed by atoms with Crippen LogP contribution in [0.3, 0.4) is 0 Å². The van der Waals surface area contributed by atoms with Crippen molar-refractivity contribution in [3.05, 3.63) is 25.0 Å². The van der Waals surface area contributed by atoms with Gasteiger partial charge in [0.1, 0.15) is 6.33 Å². The quantitative estimate of drug-likeness (QED) is 0.683. The molecule has 7 heteroatoms. The average Bonchev–Trinajstić information content (AvgIpc) is 2.94. The lowest BCUT2D eigenvalue weighted by Crippen LogP contribution is -2.34. The third kappa shape index (κ3) is 1.65. The van der Waals surface area contributed by atoms with E-state index in [0.717, 1.165) is 0 Å². The first-order valence-electron chi connectivity index (χ1n) is 5.68. The number of ether oxygens (including phenoxy) is 1. The molecule has 1 aliphatic heterocycles. The summed E-state index contributed by atoms with van der Waals surface area (Å²) in [5, 5.41) is 14.0. The number of aliphatic hydroxyl groups is 1. The highest BCUT2D eigenvalue weighted by Gasteiger charge is 2.44. The van der Waals surface area contributed by atoms with Crippen molar-refractivity contribution < 1.29 is 9.84 Å². The number of aromatic nitrogens is 4. The number of fused-ring (bicyclic) bond motifs is 1. The second-order valence-corrected chi connectivity index (χ2v) is 4.46. The highest BCUT2D eigenvalue weighted by atomic mass is 16.5. The fraction of sp³-hybridized carbons (Fsp3) is 0.333.